The summed E-state index contributed by atoms with van der Waals surface area (Å²) in [5.74, 6) is 0.127. The van der Waals surface area contributed by atoms with E-state index in [4.69, 9.17) is 0 Å². The van der Waals surface area contributed by atoms with Crippen LogP contribution in [0, 0.1) is 0 Å². The predicted octanol–water partition coefficient (Wildman–Crippen LogP) is 8.71. The molecule has 1 aromatic heterocycles. The lowest BCUT2D eigenvalue weighted by Crippen LogP contribution is -2.28. The van der Waals surface area contributed by atoms with Crippen molar-refractivity contribution in [2.24, 2.45) is 0 Å². The standard InChI is InChI=1S/C31H59N3O2/c1-4-6-8-10-12-13-14-15-16-17-18-19-20-21-22-24-26-29-30(35)34(31(36)32-29)28-33(3)27-25-23-11-9-7-5-2/h15-16,35H,4-14,17-28H2,1-3H3,(H,32,36). The molecule has 0 aliphatic heterocycles. The summed E-state index contributed by atoms with van der Waals surface area (Å²) < 4.78 is 1.48. The molecule has 36 heavy (non-hydrogen) atoms. The van der Waals surface area contributed by atoms with Crippen molar-refractivity contribution in [3.05, 3.63) is 28.3 Å². The van der Waals surface area contributed by atoms with Crippen molar-refractivity contribution < 1.29 is 5.11 Å². The smallest absolute Gasteiger partial charge is 0.329 e. The fourth-order valence-electron chi connectivity index (χ4n) is 4.84. The van der Waals surface area contributed by atoms with Gasteiger partial charge in [0, 0.05) is 0 Å². The van der Waals surface area contributed by atoms with Crippen LogP contribution in [0.1, 0.15) is 148 Å². The molecule has 0 bridgehead atoms. The largest absolute Gasteiger partial charge is 0.493 e. The zero-order valence-corrected chi connectivity index (χ0v) is 24.2. The van der Waals surface area contributed by atoms with Gasteiger partial charge in [0.1, 0.15) is 0 Å². The van der Waals surface area contributed by atoms with E-state index in [9.17, 15) is 9.90 Å². The van der Waals surface area contributed by atoms with Gasteiger partial charge in [-0.15, -0.1) is 0 Å². The van der Waals surface area contributed by atoms with Gasteiger partial charge in [-0.25, -0.2) is 9.36 Å². The van der Waals surface area contributed by atoms with E-state index in [1.807, 2.05) is 7.05 Å². The average Bonchev–Trinajstić information content (AvgIpc) is 3.13. The van der Waals surface area contributed by atoms with Crippen molar-refractivity contribution in [1.82, 2.24) is 14.5 Å². The lowest BCUT2D eigenvalue weighted by molar-refractivity contribution is 0.242. The van der Waals surface area contributed by atoms with Gasteiger partial charge in [-0.05, 0) is 58.5 Å². The third kappa shape index (κ3) is 16.3. The molecular weight excluding hydrogens is 446 g/mol. The van der Waals surface area contributed by atoms with Crippen molar-refractivity contribution in [3.8, 4) is 5.88 Å². The maximum Gasteiger partial charge on any atom is 0.329 e. The molecule has 0 fully saturated rings. The Bertz CT molecular complexity index is 707. The Morgan fingerprint density at radius 2 is 1.19 bits per heavy atom. The van der Waals surface area contributed by atoms with Gasteiger partial charge in [0.2, 0.25) is 5.88 Å². The second-order valence-corrected chi connectivity index (χ2v) is 10.8. The molecule has 1 heterocycles. The maximum atomic E-state index is 12.3. The number of imidazole rings is 1. The molecule has 0 aliphatic carbocycles. The van der Waals surface area contributed by atoms with E-state index in [0.717, 1.165) is 32.2 Å². The summed E-state index contributed by atoms with van der Waals surface area (Å²) in [5.41, 5.74) is 0.505. The molecule has 0 atom stereocenters. The molecule has 0 saturated heterocycles. The Labute approximate surface area is 222 Å². The van der Waals surface area contributed by atoms with Gasteiger partial charge in [-0.1, -0.05) is 116 Å². The molecule has 0 unspecified atom stereocenters. The minimum atomic E-state index is -0.193. The number of hydrogen-bond acceptors (Lipinski definition) is 3. The van der Waals surface area contributed by atoms with Gasteiger partial charge in [0.25, 0.3) is 0 Å². The normalized spacial score (nSPS) is 11.9. The van der Waals surface area contributed by atoms with Gasteiger partial charge in [-0.2, -0.15) is 0 Å². The first-order chi connectivity index (χ1) is 17.6. The van der Waals surface area contributed by atoms with E-state index < -0.39 is 0 Å². The minimum Gasteiger partial charge on any atom is -0.493 e. The molecule has 0 saturated carbocycles. The number of aryl methyl sites for hydroxylation is 1. The van der Waals surface area contributed by atoms with Crippen LogP contribution in [0.5, 0.6) is 5.88 Å². The maximum absolute atomic E-state index is 12.3. The predicted molar refractivity (Wildman–Crippen MR) is 156 cm³/mol. The zero-order valence-electron chi connectivity index (χ0n) is 24.2. The number of rotatable bonds is 25. The number of nitrogens with zero attached hydrogens (tertiary/aromatic N) is 2. The fourth-order valence-corrected chi connectivity index (χ4v) is 4.84. The number of aromatic amines is 1. The van der Waals surface area contributed by atoms with Crippen LogP contribution in [0.3, 0.4) is 0 Å². The van der Waals surface area contributed by atoms with Gasteiger partial charge in [-0.3, -0.25) is 4.90 Å². The Morgan fingerprint density at radius 3 is 1.75 bits per heavy atom. The summed E-state index contributed by atoms with van der Waals surface area (Å²) in [5, 5.41) is 10.6. The molecule has 210 valence electrons. The third-order valence-electron chi connectivity index (χ3n) is 7.24. The van der Waals surface area contributed by atoms with E-state index in [1.165, 1.54) is 114 Å². The fraction of sp³-hybridized carbons (Fsp3) is 0.839. The molecule has 1 aromatic rings. The van der Waals surface area contributed by atoms with Crippen molar-refractivity contribution in [1.29, 1.82) is 0 Å². The van der Waals surface area contributed by atoms with E-state index >= 15 is 0 Å². The monoisotopic (exact) mass is 505 g/mol. The first kappa shape index (κ1) is 32.5. The first-order valence-corrected chi connectivity index (χ1v) is 15.4. The average molecular weight is 506 g/mol. The quantitative estimate of drug-likeness (QED) is 0.103. The van der Waals surface area contributed by atoms with E-state index in [-0.39, 0.29) is 11.6 Å². The van der Waals surface area contributed by atoms with Gasteiger partial charge in [0.05, 0.1) is 12.4 Å². The summed E-state index contributed by atoms with van der Waals surface area (Å²) in [6.07, 6.45) is 31.1. The number of unbranched alkanes of at least 4 members (excludes halogenated alkanes) is 17. The number of aromatic nitrogens is 2. The Morgan fingerprint density at radius 1 is 0.722 bits per heavy atom. The lowest BCUT2D eigenvalue weighted by Gasteiger charge is -2.17. The van der Waals surface area contributed by atoms with Crippen LogP contribution in [-0.2, 0) is 13.1 Å². The summed E-state index contributed by atoms with van der Waals surface area (Å²) >= 11 is 0. The molecule has 5 nitrogen and oxygen atoms in total. The number of hydrogen-bond donors (Lipinski definition) is 2. The molecule has 0 spiro atoms. The Hall–Kier alpha value is -1.49. The van der Waals surface area contributed by atoms with Crippen LogP contribution < -0.4 is 5.69 Å². The molecule has 2 N–H and O–H groups in total. The van der Waals surface area contributed by atoms with Crippen LogP contribution in [0.4, 0.5) is 0 Å². The second-order valence-electron chi connectivity index (χ2n) is 10.8. The minimum absolute atomic E-state index is 0.127. The van der Waals surface area contributed by atoms with E-state index in [0.29, 0.717) is 12.4 Å². The molecular formula is C31H59N3O2. The van der Waals surface area contributed by atoms with E-state index in [1.54, 1.807) is 0 Å². The number of allylic oxidation sites excluding steroid dienone is 2. The second kappa shape index (κ2) is 22.7. The number of nitrogens with one attached hydrogen (secondary N) is 1. The SMILES string of the molecule is CCCCCCCCC=CCCCCCCCCc1[nH]c(=O)n(CN(C)CCCCCCCC)c1O. The van der Waals surface area contributed by atoms with Crippen LogP contribution in [-0.4, -0.2) is 33.1 Å². The summed E-state index contributed by atoms with van der Waals surface area (Å²) in [6.45, 7) is 5.91. The molecule has 1 rings (SSSR count). The Kier molecular flexibility index (Phi) is 20.5. The molecule has 5 heteroatoms. The summed E-state index contributed by atoms with van der Waals surface area (Å²) in [6, 6.07) is 0. The Balaban J connectivity index is 2.07. The first-order valence-electron chi connectivity index (χ1n) is 15.4. The highest BCUT2D eigenvalue weighted by atomic mass is 16.3. The van der Waals surface area contributed by atoms with Crippen molar-refractivity contribution in [2.75, 3.05) is 13.6 Å². The summed E-state index contributed by atoms with van der Waals surface area (Å²) in [4.78, 5) is 17.3. The van der Waals surface area contributed by atoms with Crippen molar-refractivity contribution >= 4 is 0 Å². The zero-order chi connectivity index (χ0) is 26.3. The van der Waals surface area contributed by atoms with Gasteiger partial charge < -0.3 is 10.1 Å². The molecule has 0 aliphatic rings. The highest BCUT2D eigenvalue weighted by Gasteiger charge is 2.14. The van der Waals surface area contributed by atoms with Gasteiger partial charge >= 0.3 is 5.69 Å². The van der Waals surface area contributed by atoms with Crippen LogP contribution in [0.2, 0.25) is 0 Å². The van der Waals surface area contributed by atoms with Crippen molar-refractivity contribution in [2.45, 2.75) is 155 Å². The van der Waals surface area contributed by atoms with Crippen LogP contribution in [0.25, 0.3) is 0 Å². The highest BCUT2D eigenvalue weighted by molar-refractivity contribution is 5.18. The third-order valence-corrected chi connectivity index (χ3v) is 7.24. The number of H-pyrrole nitrogens is 1. The highest BCUT2D eigenvalue weighted by Crippen LogP contribution is 2.17. The molecule has 0 aromatic carbocycles. The molecule has 0 amide bonds. The number of aromatic hydroxyl groups is 1. The van der Waals surface area contributed by atoms with Crippen molar-refractivity contribution in [3.63, 3.8) is 0 Å². The topological polar surface area (TPSA) is 61.3 Å². The van der Waals surface area contributed by atoms with Crippen LogP contribution in [0.15, 0.2) is 16.9 Å². The summed E-state index contributed by atoms with van der Waals surface area (Å²) in [7, 11) is 2.02. The molecule has 0 radical (unpaired) electrons. The van der Waals surface area contributed by atoms with Gasteiger partial charge in [0.15, 0.2) is 0 Å². The lowest BCUT2D eigenvalue weighted by atomic mass is 10.1. The van der Waals surface area contributed by atoms with E-state index in [2.05, 4.69) is 35.9 Å². The van der Waals surface area contributed by atoms with Crippen LogP contribution >= 0.6 is 0 Å².